The van der Waals surface area contributed by atoms with Gasteiger partial charge < -0.3 is 10.6 Å². The summed E-state index contributed by atoms with van der Waals surface area (Å²) in [6.45, 7) is 0. The highest BCUT2D eigenvalue weighted by Gasteiger charge is 2.08. The summed E-state index contributed by atoms with van der Waals surface area (Å²) in [6, 6.07) is 7.44. The molecule has 0 fully saturated rings. The van der Waals surface area contributed by atoms with E-state index in [2.05, 4.69) is 10.1 Å². The summed E-state index contributed by atoms with van der Waals surface area (Å²) in [4.78, 5) is 4.21. The van der Waals surface area contributed by atoms with Crippen LogP contribution in [0.4, 0.5) is 0 Å². The lowest BCUT2D eigenvalue weighted by Crippen LogP contribution is -2.27. The Morgan fingerprint density at radius 2 is 2.00 bits per heavy atom. The Morgan fingerprint density at radius 1 is 1.26 bits per heavy atom. The van der Waals surface area contributed by atoms with Crippen LogP contribution in [0.2, 0.25) is 0 Å². The van der Waals surface area contributed by atoms with E-state index >= 15 is 0 Å². The van der Waals surface area contributed by atoms with Gasteiger partial charge in [-0.3, -0.25) is 5.41 Å². The van der Waals surface area contributed by atoms with Gasteiger partial charge in [0.15, 0.2) is 11.1 Å². The van der Waals surface area contributed by atoms with Crippen molar-refractivity contribution in [1.29, 1.82) is 5.41 Å². The van der Waals surface area contributed by atoms with Gasteiger partial charge in [-0.05, 0) is 24.3 Å². The number of rotatable bonds is 2. The van der Waals surface area contributed by atoms with Crippen molar-refractivity contribution in [3.05, 3.63) is 42.3 Å². The second-order valence-corrected chi connectivity index (χ2v) is 3.99. The van der Waals surface area contributed by atoms with Crippen molar-refractivity contribution in [3.63, 3.8) is 0 Å². The summed E-state index contributed by atoms with van der Waals surface area (Å²) in [6.07, 6.45) is 2.98. The van der Waals surface area contributed by atoms with E-state index in [4.69, 9.17) is 16.0 Å². The van der Waals surface area contributed by atoms with Gasteiger partial charge in [-0.15, -0.1) is 0 Å². The first-order chi connectivity index (χ1) is 9.20. The molecule has 0 aliphatic carbocycles. The molecule has 1 aromatic carbocycles. The lowest BCUT2D eigenvalue weighted by molar-refractivity contribution is 0.414. The normalized spacial score (nSPS) is 10.8. The first-order valence-electron chi connectivity index (χ1n) is 5.60. The van der Waals surface area contributed by atoms with Crippen molar-refractivity contribution < 1.29 is 4.74 Å². The van der Waals surface area contributed by atoms with Crippen LogP contribution in [0.15, 0.2) is 36.8 Å². The lowest BCUT2D eigenvalue weighted by atomic mass is 10.3. The topological polar surface area (TPSA) is 94.7 Å². The Kier molecular flexibility index (Phi) is 2.45. The SMILES string of the molecule is COc1ccc(-n2ncc3c(=N)n(N)cnc32)cc1. The van der Waals surface area contributed by atoms with Gasteiger partial charge in [0, 0.05) is 0 Å². The molecule has 3 aromatic rings. The first-order valence-corrected chi connectivity index (χ1v) is 5.60. The van der Waals surface area contributed by atoms with E-state index in [1.165, 1.54) is 6.33 Å². The number of nitrogens with one attached hydrogen (secondary N) is 1. The molecule has 0 radical (unpaired) electrons. The van der Waals surface area contributed by atoms with Gasteiger partial charge >= 0.3 is 0 Å². The van der Waals surface area contributed by atoms with Gasteiger partial charge in [0.25, 0.3) is 0 Å². The van der Waals surface area contributed by atoms with Crippen LogP contribution in [-0.2, 0) is 0 Å². The molecular formula is C12H12N6O. The zero-order valence-electron chi connectivity index (χ0n) is 10.2. The Bertz CT molecular complexity index is 786. The minimum absolute atomic E-state index is 0.171. The number of nitrogen functional groups attached to an aromatic ring is 1. The van der Waals surface area contributed by atoms with E-state index in [1.807, 2.05) is 24.3 Å². The number of hydrogen-bond acceptors (Lipinski definition) is 5. The van der Waals surface area contributed by atoms with Crippen LogP contribution in [0.3, 0.4) is 0 Å². The number of aromatic nitrogens is 4. The maximum absolute atomic E-state index is 7.85. The Hall–Kier alpha value is -2.83. The lowest BCUT2D eigenvalue weighted by Gasteiger charge is -2.05. The van der Waals surface area contributed by atoms with E-state index in [9.17, 15) is 0 Å². The maximum atomic E-state index is 7.85. The molecule has 0 spiro atoms. The van der Waals surface area contributed by atoms with Crippen LogP contribution >= 0.6 is 0 Å². The van der Waals surface area contributed by atoms with Gasteiger partial charge in [-0.2, -0.15) is 5.10 Å². The molecule has 7 nitrogen and oxygen atoms in total. The van der Waals surface area contributed by atoms with Crippen LogP contribution < -0.4 is 16.1 Å². The molecule has 0 unspecified atom stereocenters. The first kappa shape index (κ1) is 11.3. The molecule has 96 valence electrons. The summed E-state index contributed by atoms with van der Waals surface area (Å²) in [7, 11) is 1.62. The zero-order chi connectivity index (χ0) is 13.4. The van der Waals surface area contributed by atoms with Gasteiger partial charge in [0.05, 0.1) is 24.4 Å². The number of benzene rings is 1. The third-order valence-corrected chi connectivity index (χ3v) is 2.88. The quantitative estimate of drug-likeness (QED) is 0.650. The Balaban J connectivity index is 2.20. The molecule has 3 rings (SSSR count). The van der Waals surface area contributed by atoms with Crippen molar-refractivity contribution in [2.24, 2.45) is 0 Å². The Labute approximate surface area is 108 Å². The van der Waals surface area contributed by atoms with Crippen LogP contribution in [-0.4, -0.2) is 26.6 Å². The van der Waals surface area contributed by atoms with E-state index < -0.39 is 0 Å². The van der Waals surface area contributed by atoms with Crippen molar-refractivity contribution >= 4 is 11.0 Å². The third-order valence-electron chi connectivity index (χ3n) is 2.88. The molecule has 2 heterocycles. The van der Waals surface area contributed by atoms with Crippen molar-refractivity contribution in [3.8, 4) is 11.4 Å². The number of fused-ring (bicyclic) bond motifs is 1. The van der Waals surface area contributed by atoms with E-state index in [0.717, 1.165) is 16.1 Å². The second-order valence-electron chi connectivity index (χ2n) is 3.99. The molecule has 19 heavy (non-hydrogen) atoms. The largest absolute Gasteiger partial charge is 0.497 e. The molecule has 0 amide bonds. The van der Waals surface area contributed by atoms with Gasteiger partial charge in [0.2, 0.25) is 0 Å². The molecule has 0 saturated heterocycles. The average molecular weight is 256 g/mol. The highest BCUT2D eigenvalue weighted by Crippen LogP contribution is 2.17. The van der Waals surface area contributed by atoms with Crippen molar-refractivity contribution in [2.75, 3.05) is 13.0 Å². The van der Waals surface area contributed by atoms with E-state index in [-0.39, 0.29) is 5.49 Å². The smallest absolute Gasteiger partial charge is 0.168 e. The minimum Gasteiger partial charge on any atom is -0.497 e. The highest BCUT2D eigenvalue weighted by molar-refractivity contribution is 5.74. The fourth-order valence-corrected chi connectivity index (χ4v) is 1.86. The van der Waals surface area contributed by atoms with Crippen molar-refractivity contribution in [1.82, 2.24) is 19.4 Å². The molecule has 0 bridgehead atoms. The molecular weight excluding hydrogens is 244 g/mol. The zero-order valence-corrected chi connectivity index (χ0v) is 10.2. The standard InChI is InChI=1S/C12H12N6O/c1-19-9-4-2-8(3-5-9)18-12-10(6-16-18)11(13)17(14)7-15-12/h2-7,13H,14H2,1H3. The van der Waals surface area contributed by atoms with Gasteiger partial charge in [0.1, 0.15) is 12.1 Å². The minimum atomic E-state index is 0.171. The summed E-state index contributed by atoms with van der Waals surface area (Å²) in [5, 5.41) is 12.7. The summed E-state index contributed by atoms with van der Waals surface area (Å²) in [5.74, 6) is 6.36. The van der Waals surface area contributed by atoms with E-state index in [0.29, 0.717) is 11.0 Å². The molecule has 0 aliphatic rings. The Morgan fingerprint density at radius 3 is 2.68 bits per heavy atom. The van der Waals surface area contributed by atoms with Gasteiger partial charge in [-0.1, -0.05) is 0 Å². The molecule has 0 saturated carbocycles. The fraction of sp³-hybridized carbons (Fsp3) is 0.0833. The van der Waals surface area contributed by atoms with Crippen LogP contribution in [0.25, 0.3) is 16.7 Å². The average Bonchev–Trinajstić information content (AvgIpc) is 2.87. The number of ether oxygens (including phenoxy) is 1. The predicted molar refractivity (Wildman–Crippen MR) is 69.4 cm³/mol. The monoisotopic (exact) mass is 256 g/mol. The van der Waals surface area contributed by atoms with Crippen LogP contribution in [0, 0.1) is 5.41 Å². The predicted octanol–water partition coefficient (Wildman–Crippen LogP) is 0.424. The van der Waals surface area contributed by atoms with E-state index in [1.54, 1.807) is 18.0 Å². The molecule has 0 atom stereocenters. The molecule has 0 aliphatic heterocycles. The number of methoxy groups -OCH3 is 1. The van der Waals surface area contributed by atoms with Gasteiger partial charge in [-0.25, -0.2) is 14.3 Å². The molecule has 2 aromatic heterocycles. The molecule has 3 N–H and O–H groups in total. The van der Waals surface area contributed by atoms with Crippen LogP contribution in [0.1, 0.15) is 0 Å². The molecule has 7 heteroatoms. The number of nitrogens with two attached hydrogens (primary N) is 1. The van der Waals surface area contributed by atoms with Crippen LogP contribution in [0.5, 0.6) is 5.75 Å². The fourth-order valence-electron chi connectivity index (χ4n) is 1.86. The summed E-state index contributed by atoms with van der Waals surface area (Å²) < 4.78 is 7.93. The van der Waals surface area contributed by atoms with Crippen molar-refractivity contribution in [2.45, 2.75) is 0 Å². The summed E-state index contributed by atoms with van der Waals surface area (Å²) in [5.41, 5.74) is 1.61. The third kappa shape index (κ3) is 1.71. The summed E-state index contributed by atoms with van der Waals surface area (Å²) >= 11 is 0. The highest BCUT2D eigenvalue weighted by atomic mass is 16.5. The number of hydrogen-bond donors (Lipinski definition) is 2. The number of nitrogens with zero attached hydrogens (tertiary/aromatic N) is 4. The second kappa shape index (κ2) is 4.13. The maximum Gasteiger partial charge on any atom is 0.168 e.